The van der Waals surface area contributed by atoms with Gasteiger partial charge in [0.05, 0.1) is 6.54 Å². The predicted molar refractivity (Wildman–Crippen MR) is 70.0 cm³/mol. The van der Waals surface area contributed by atoms with Gasteiger partial charge in [0.25, 0.3) is 0 Å². The van der Waals surface area contributed by atoms with E-state index in [-0.39, 0.29) is 5.84 Å². The molecule has 0 saturated heterocycles. The lowest BCUT2D eigenvalue weighted by atomic mass is 10.1. The quantitative estimate of drug-likeness (QED) is 0.385. The predicted octanol–water partition coefficient (Wildman–Crippen LogP) is 1.99. The third-order valence-electron chi connectivity index (χ3n) is 2.72. The van der Waals surface area contributed by atoms with Gasteiger partial charge >= 0.3 is 0 Å². The number of imidazole rings is 1. The molecule has 0 unspecified atom stereocenters. The number of nitrogens with zero attached hydrogens (tertiary/aromatic N) is 3. The number of benzene rings is 1. The van der Waals surface area contributed by atoms with E-state index in [1.165, 1.54) is 0 Å². The average molecular weight is 265 g/mol. The van der Waals surface area contributed by atoms with Gasteiger partial charge in [0.15, 0.2) is 5.84 Å². The van der Waals surface area contributed by atoms with E-state index in [1.54, 1.807) is 18.3 Å². The average Bonchev–Trinajstić information content (AvgIpc) is 2.76. The van der Waals surface area contributed by atoms with Gasteiger partial charge in [-0.15, -0.1) is 0 Å². The monoisotopic (exact) mass is 264 g/mol. The van der Waals surface area contributed by atoms with Crippen molar-refractivity contribution in [2.24, 2.45) is 10.9 Å². The Hall–Kier alpha value is -2.01. The summed E-state index contributed by atoms with van der Waals surface area (Å²) in [7, 11) is 0. The van der Waals surface area contributed by atoms with Gasteiger partial charge < -0.3 is 15.5 Å². The molecule has 0 aliphatic carbocycles. The van der Waals surface area contributed by atoms with Crippen LogP contribution < -0.4 is 5.73 Å². The molecule has 18 heavy (non-hydrogen) atoms. The Morgan fingerprint density at radius 2 is 2.33 bits per heavy atom. The van der Waals surface area contributed by atoms with Crippen molar-refractivity contribution in [2.45, 2.75) is 13.5 Å². The van der Waals surface area contributed by atoms with Crippen LogP contribution in [0.1, 0.15) is 17.0 Å². The van der Waals surface area contributed by atoms with Crippen LogP contribution in [0.4, 0.5) is 0 Å². The first kappa shape index (κ1) is 12.4. The molecular formula is C12H13ClN4O. The Bertz CT molecular complexity index is 592. The molecule has 6 heteroatoms. The summed E-state index contributed by atoms with van der Waals surface area (Å²) in [6.45, 7) is 2.57. The molecule has 2 aromatic rings. The molecule has 3 N–H and O–H groups in total. The highest BCUT2D eigenvalue weighted by Crippen LogP contribution is 2.19. The van der Waals surface area contributed by atoms with Crippen LogP contribution in [0.2, 0.25) is 5.02 Å². The summed E-state index contributed by atoms with van der Waals surface area (Å²) in [6.07, 6.45) is 3.64. The number of oxime groups is 1. The molecule has 0 bridgehead atoms. The maximum Gasteiger partial charge on any atom is 0.170 e. The normalized spacial score (nSPS) is 11.8. The third-order valence-corrected chi connectivity index (χ3v) is 3.07. The molecule has 0 aliphatic heterocycles. The van der Waals surface area contributed by atoms with Crippen molar-refractivity contribution in [2.75, 3.05) is 0 Å². The van der Waals surface area contributed by atoms with Gasteiger partial charge in [-0.25, -0.2) is 4.98 Å². The molecule has 0 spiro atoms. The highest BCUT2D eigenvalue weighted by Gasteiger charge is 2.06. The first-order chi connectivity index (χ1) is 8.61. The summed E-state index contributed by atoms with van der Waals surface area (Å²) >= 11 is 6.17. The lowest BCUT2D eigenvalue weighted by molar-refractivity contribution is 0.318. The van der Waals surface area contributed by atoms with Gasteiger partial charge in [0.2, 0.25) is 0 Å². The van der Waals surface area contributed by atoms with Gasteiger partial charge in [0.1, 0.15) is 5.82 Å². The first-order valence-electron chi connectivity index (χ1n) is 5.36. The van der Waals surface area contributed by atoms with Crippen molar-refractivity contribution in [3.63, 3.8) is 0 Å². The van der Waals surface area contributed by atoms with E-state index in [1.807, 2.05) is 23.8 Å². The number of halogens is 1. The minimum atomic E-state index is 0.0438. The molecule has 0 fully saturated rings. The highest BCUT2D eigenvalue weighted by molar-refractivity contribution is 6.31. The van der Waals surface area contributed by atoms with E-state index in [0.29, 0.717) is 17.1 Å². The van der Waals surface area contributed by atoms with Crippen LogP contribution >= 0.6 is 11.6 Å². The summed E-state index contributed by atoms with van der Waals surface area (Å²) in [5.74, 6) is 0.967. The van der Waals surface area contributed by atoms with E-state index in [4.69, 9.17) is 22.5 Å². The zero-order valence-electron chi connectivity index (χ0n) is 9.84. The Labute approximate surface area is 110 Å². The van der Waals surface area contributed by atoms with Gasteiger partial charge in [-0.1, -0.05) is 28.9 Å². The lowest BCUT2D eigenvalue weighted by Crippen LogP contribution is -2.13. The summed E-state index contributed by atoms with van der Waals surface area (Å²) in [4.78, 5) is 4.15. The Morgan fingerprint density at radius 3 is 2.89 bits per heavy atom. The van der Waals surface area contributed by atoms with Crippen molar-refractivity contribution in [1.82, 2.24) is 9.55 Å². The molecule has 0 saturated carbocycles. The van der Waals surface area contributed by atoms with Gasteiger partial charge in [-0.3, -0.25) is 0 Å². The Morgan fingerprint density at radius 1 is 1.56 bits per heavy atom. The fraction of sp³-hybridized carbons (Fsp3) is 0.167. The van der Waals surface area contributed by atoms with E-state index < -0.39 is 0 Å². The number of rotatable bonds is 3. The molecule has 0 radical (unpaired) electrons. The molecule has 2 rings (SSSR count). The van der Waals surface area contributed by atoms with Crippen molar-refractivity contribution in [3.05, 3.63) is 52.6 Å². The van der Waals surface area contributed by atoms with Crippen LogP contribution in [-0.4, -0.2) is 20.6 Å². The summed E-state index contributed by atoms with van der Waals surface area (Å²) < 4.78 is 1.99. The second-order valence-electron chi connectivity index (χ2n) is 3.89. The Kier molecular flexibility index (Phi) is 3.53. The number of nitrogens with two attached hydrogens (primary N) is 1. The van der Waals surface area contributed by atoms with Crippen LogP contribution in [0.5, 0.6) is 0 Å². The van der Waals surface area contributed by atoms with Crippen LogP contribution in [0.15, 0.2) is 35.7 Å². The molecule has 94 valence electrons. The van der Waals surface area contributed by atoms with E-state index in [9.17, 15) is 0 Å². The maximum absolute atomic E-state index is 8.60. The van der Waals surface area contributed by atoms with Crippen LogP contribution in [0.25, 0.3) is 0 Å². The minimum Gasteiger partial charge on any atom is -0.409 e. The number of hydrogen-bond acceptors (Lipinski definition) is 3. The summed E-state index contributed by atoms with van der Waals surface area (Å²) in [5, 5.41) is 12.1. The lowest BCUT2D eigenvalue weighted by Gasteiger charge is -2.08. The first-order valence-corrected chi connectivity index (χ1v) is 5.73. The Balaban J connectivity index is 2.28. The van der Waals surface area contributed by atoms with E-state index >= 15 is 0 Å². The van der Waals surface area contributed by atoms with Gasteiger partial charge in [0, 0.05) is 23.0 Å². The molecule has 1 aromatic heterocycles. The topological polar surface area (TPSA) is 76.4 Å². The second kappa shape index (κ2) is 5.10. The van der Waals surface area contributed by atoms with Gasteiger partial charge in [-0.05, 0) is 18.6 Å². The number of aryl methyl sites for hydroxylation is 1. The van der Waals surface area contributed by atoms with E-state index in [0.717, 1.165) is 11.4 Å². The molecular weight excluding hydrogens is 252 g/mol. The van der Waals surface area contributed by atoms with Gasteiger partial charge in [-0.2, -0.15) is 0 Å². The third kappa shape index (κ3) is 2.46. The zero-order valence-corrected chi connectivity index (χ0v) is 10.6. The van der Waals surface area contributed by atoms with Crippen LogP contribution in [0, 0.1) is 6.92 Å². The molecule has 0 aliphatic rings. The molecule has 5 nitrogen and oxygen atoms in total. The SMILES string of the molecule is Cc1nccn1Cc1ccc(/C(N)=N/O)cc1Cl. The summed E-state index contributed by atoms with van der Waals surface area (Å²) in [5.41, 5.74) is 7.04. The zero-order chi connectivity index (χ0) is 13.1. The molecule has 1 heterocycles. The maximum atomic E-state index is 8.60. The molecule has 0 atom stereocenters. The van der Waals surface area contributed by atoms with E-state index in [2.05, 4.69) is 10.1 Å². The number of hydrogen-bond donors (Lipinski definition) is 2. The number of aromatic nitrogens is 2. The smallest absolute Gasteiger partial charge is 0.170 e. The largest absolute Gasteiger partial charge is 0.409 e. The van der Waals surface area contributed by atoms with Crippen molar-refractivity contribution in [3.8, 4) is 0 Å². The number of amidine groups is 1. The standard InChI is InChI=1S/C12H13ClN4O/c1-8-15-4-5-17(8)7-10-3-2-9(6-11(10)13)12(14)16-18/h2-6,18H,7H2,1H3,(H2,14,16). The fourth-order valence-corrected chi connectivity index (χ4v) is 1.89. The van der Waals surface area contributed by atoms with Crippen molar-refractivity contribution in [1.29, 1.82) is 0 Å². The molecule has 0 amide bonds. The summed E-state index contributed by atoms with van der Waals surface area (Å²) in [6, 6.07) is 5.30. The van der Waals surface area contributed by atoms with Crippen molar-refractivity contribution < 1.29 is 5.21 Å². The highest BCUT2D eigenvalue weighted by atomic mass is 35.5. The van der Waals surface area contributed by atoms with Crippen molar-refractivity contribution >= 4 is 17.4 Å². The van der Waals surface area contributed by atoms with Crippen LogP contribution in [-0.2, 0) is 6.54 Å². The second-order valence-corrected chi connectivity index (χ2v) is 4.30. The molecule has 1 aromatic carbocycles. The van der Waals surface area contributed by atoms with Crippen LogP contribution in [0.3, 0.4) is 0 Å². The fourth-order valence-electron chi connectivity index (χ4n) is 1.65. The minimum absolute atomic E-state index is 0.0438.